The molecule has 1 aromatic heterocycles. The molecule has 0 saturated carbocycles. The molecule has 0 radical (unpaired) electrons. The highest BCUT2D eigenvalue weighted by atomic mass is 32.1. The van der Waals surface area contributed by atoms with Crippen molar-refractivity contribution in [3.63, 3.8) is 0 Å². The normalized spacial score (nSPS) is 13.3. The zero-order valence-electron chi connectivity index (χ0n) is 10.9. The Morgan fingerprint density at radius 3 is 2.38 bits per heavy atom. The van der Waals surface area contributed by atoms with Crippen LogP contribution in [0, 0.1) is 6.92 Å². The second-order valence-corrected chi connectivity index (χ2v) is 5.38. The number of nitrogens with one attached hydrogen (secondary N) is 1. The molecule has 1 aromatic rings. The van der Waals surface area contributed by atoms with Gasteiger partial charge in [0.15, 0.2) is 0 Å². The van der Waals surface area contributed by atoms with E-state index in [1.54, 1.807) is 11.3 Å². The molecule has 0 aliphatic heterocycles. The van der Waals surface area contributed by atoms with E-state index in [1.807, 2.05) is 0 Å². The maximum Gasteiger partial charge on any atom is 0.110 e. The van der Waals surface area contributed by atoms with E-state index in [9.17, 15) is 0 Å². The molecule has 0 fully saturated rings. The van der Waals surface area contributed by atoms with Crippen molar-refractivity contribution in [3.8, 4) is 0 Å². The molecule has 2 nitrogen and oxygen atoms in total. The standard InChI is InChI=1S/C13H24N2S/c1-5-7-12(8-6-2)15-11(4)13-14-10(3)9-16-13/h9,11-12,15H,5-8H2,1-4H3. The molecular weight excluding hydrogens is 216 g/mol. The molecule has 0 saturated heterocycles. The SMILES string of the molecule is CCCC(CCC)NC(C)c1nc(C)cs1. The summed E-state index contributed by atoms with van der Waals surface area (Å²) in [6, 6.07) is 1.04. The molecule has 0 spiro atoms. The minimum absolute atomic E-state index is 0.391. The lowest BCUT2D eigenvalue weighted by Gasteiger charge is -2.21. The fourth-order valence-corrected chi connectivity index (χ4v) is 2.82. The van der Waals surface area contributed by atoms with Crippen molar-refractivity contribution in [1.82, 2.24) is 10.3 Å². The molecule has 1 heterocycles. The average molecular weight is 240 g/mol. The third-order valence-corrected chi connectivity index (χ3v) is 3.91. The van der Waals surface area contributed by atoms with Crippen LogP contribution in [0.15, 0.2) is 5.38 Å². The van der Waals surface area contributed by atoms with Gasteiger partial charge in [0, 0.05) is 17.1 Å². The Bertz CT molecular complexity index is 290. The van der Waals surface area contributed by atoms with E-state index in [4.69, 9.17) is 0 Å². The summed E-state index contributed by atoms with van der Waals surface area (Å²) >= 11 is 1.76. The van der Waals surface area contributed by atoms with Gasteiger partial charge in [-0.2, -0.15) is 0 Å². The van der Waals surface area contributed by atoms with Crippen molar-refractivity contribution in [2.45, 2.75) is 65.5 Å². The zero-order valence-corrected chi connectivity index (χ0v) is 11.7. The van der Waals surface area contributed by atoms with Crippen LogP contribution in [0.5, 0.6) is 0 Å². The summed E-state index contributed by atoms with van der Waals surface area (Å²) in [5.41, 5.74) is 1.14. The fraction of sp³-hybridized carbons (Fsp3) is 0.769. The van der Waals surface area contributed by atoms with Gasteiger partial charge in [0.25, 0.3) is 0 Å². The fourth-order valence-electron chi connectivity index (χ4n) is 2.00. The van der Waals surface area contributed by atoms with Crippen molar-refractivity contribution in [1.29, 1.82) is 0 Å². The van der Waals surface area contributed by atoms with Crippen LogP contribution < -0.4 is 5.32 Å². The summed E-state index contributed by atoms with van der Waals surface area (Å²) in [4.78, 5) is 4.54. The minimum atomic E-state index is 0.391. The van der Waals surface area contributed by atoms with E-state index >= 15 is 0 Å². The van der Waals surface area contributed by atoms with Gasteiger partial charge >= 0.3 is 0 Å². The van der Waals surface area contributed by atoms with Crippen LogP contribution in [-0.4, -0.2) is 11.0 Å². The number of hydrogen-bond acceptors (Lipinski definition) is 3. The van der Waals surface area contributed by atoms with Crippen molar-refractivity contribution >= 4 is 11.3 Å². The highest BCUT2D eigenvalue weighted by molar-refractivity contribution is 7.09. The van der Waals surface area contributed by atoms with Gasteiger partial charge in [-0.05, 0) is 26.7 Å². The smallest absolute Gasteiger partial charge is 0.110 e. The molecule has 1 rings (SSSR count). The molecule has 0 amide bonds. The molecule has 1 atom stereocenters. The van der Waals surface area contributed by atoms with E-state index in [2.05, 4.69) is 43.4 Å². The third kappa shape index (κ3) is 4.22. The molecular formula is C13H24N2S. The maximum atomic E-state index is 4.54. The van der Waals surface area contributed by atoms with Crippen LogP contribution in [-0.2, 0) is 0 Å². The lowest BCUT2D eigenvalue weighted by molar-refractivity contribution is 0.402. The first-order valence-electron chi connectivity index (χ1n) is 6.35. The highest BCUT2D eigenvalue weighted by Crippen LogP contribution is 2.19. The molecule has 3 heteroatoms. The molecule has 1 N–H and O–H groups in total. The minimum Gasteiger partial charge on any atom is -0.305 e. The van der Waals surface area contributed by atoms with Crippen LogP contribution in [0.25, 0.3) is 0 Å². The summed E-state index contributed by atoms with van der Waals surface area (Å²) in [6.45, 7) is 8.78. The maximum absolute atomic E-state index is 4.54. The lowest BCUT2D eigenvalue weighted by atomic mass is 10.1. The quantitative estimate of drug-likeness (QED) is 0.777. The molecule has 0 aliphatic rings. The van der Waals surface area contributed by atoms with Crippen molar-refractivity contribution in [2.24, 2.45) is 0 Å². The Balaban J connectivity index is 2.50. The first-order valence-corrected chi connectivity index (χ1v) is 7.23. The molecule has 16 heavy (non-hydrogen) atoms. The number of nitrogens with zero attached hydrogens (tertiary/aromatic N) is 1. The Morgan fingerprint density at radius 1 is 1.31 bits per heavy atom. The van der Waals surface area contributed by atoms with E-state index in [0.29, 0.717) is 12.1 Å². The first kappa shape index (κ1) is 13.7. The predicted octanol–water partition coefficient (Wildman–Crippen LogP) is 4.07. The van der Waals surface area contributed by atoms with Crippen LogP contribution in [0.1, 0.15) is 63.2 Å². The summed E-state index contributed by atoms with van der Waals surface area (Å²) < 4.78 is 0. The van der Waals surface area contributed by atoms with Gasteiger partial charge < -0.3 is 5.32 Å². The number of rotatable bonds is 7. The number of aryl methyl sites for hydroxylation is 1. The Labute approximate surface area is 103 Å². The number of aromatic nitrogens is 1. The summed E-state index contributed by atoms with van der Waals surface area (Å²) in [7, 11) is 0. The molecule has 0 aromatic carbocycles. The summed E-state index contributed by atoms with van der Waals surface area (Å²) in [6.07, 6.45) is 5.04. The lowest BCUT2D eigenvalue weighted by Crippen LogP contribution is -2.31. The van der Waals surface area contributed by atoms with E-state index in [0.717, 1.165) is 5.69 Å². The second kappa shape index (κ2) is 7.02. The molecule has 1 unspecified atom stereocenters. The largest absolute Gasteiger partial charge is 0.305 e. The van der Waals surface area contributed by atoms with Crippen molar-refractivity contribution in [2.75, 3.05) is 0 Å². The van der Waals surface area contributed by atoms with E-state index in [-0.39, 0.29) is 0 Å². The predicted molar refractivity (Wildman–Crippen MR) is 72.0 cm³/mol. The van der Waals surface area contributed by atoms with Gasteiger partial charge in [0.1, 0.15) is 5.01 Å². The summed E-state index contributed by atoms with van der Waals surface area (Å²) in [5, 5.41) is 7.04. The molecule has 0 aliphatic carbocycles. The monoisotopic (exact) mass is 240 g/mol. The van der Waals surface area contributed by atoms with Crippen molar-refractivity contribution < 1.29 is 0 Å². The van der Waals surface area contributed by atoms with E-state index < -0.39 is 0 Å². The number of thiazole rings is 1. The molecule has 0 bridgehead atoms. The van der Waals surface area contributed by atoms with E-state index in [1.165, 1.54) is 30.7 Å². The van der Waals surface area contributed by atoms with Gasteiger partial charge in [-0.1, -0.05) is 26.7 Å². The summed E-state index contributed by atoms with van der Waals surface area (Å²) in [5.74, 6) is 0. The van der Waals surface area contributed by atoms with Crippen LogP contribution in [0.2, 0.25) is 0 Å². The van der Waals surface area contributed by atoms with Gasteiger partial charge in [-0.3, -0.25) is 0 Å². The van der Waals surface area contributed by atoms with Crippen molar-refractivity contribution in [3.05, 3.63) is 16.1 Å². The van der Waals surface area contributed by atoms with Gasteiger partial charge in [0.2, 0.25) is 0 Å². The topological polar surface area (TPSA) is 24.9 Å². The van der Waals surface area contributed by atoms with Gasteiger partial charge in [-0.15, -0.1) is 11.3 Å². The molecule has 92 valence electrons. The Morgan fingerprint density at radius 2 is 1.94 bits per heavy atom. The van der Waals surface area contributed by atoms with Gasteiger partial charge in [0.05, 0.1) is 6.04 Å². The second-order valence-electron chi connectivity index (χ2n) is 4.49. The van der Waals surface area contributed by atoms with Crippen LogP contribution >= 0.6 is 11.3 Å². The zero-order chi connectivity index (χ0) is 12.0. The first-order chi connectivity index (χ1) is 7.67. The highest BCUT2D eigenvalue weighted by Gasteiger charge is 2.14. The Kier molecular flexibility index (Phi) is 5.99. The van der Waals surface area contributed by atoms with Gasteiger partial charge in [-0.25, -0.2) is 4.98 Å². The third-order valence-electron chi connectivity index (χ3n) is 2.77. The average Bonchev–Trinajstić information content (AvgIpc) is 2.65. The Hall–Kier alpha value is -0.410. The number of hydrogen-bond donors (Lipinski definition) is 1. The van der Waals surface area contributed by atoms with Crippen LogP contribution in [0.4, 0.5) is 0 Å². The van der Waals surface area contributed by atoms with Crippen LogP contribution in [0.3, 0.4) is 0 Å².